The monoisotopic (exact) mass is 254 g/mol. The predicted octanol–water partition coefficient (Wildman–Crippen LogP) is 3.50. The van der Waals surface area contributed by atoms with Gasteiger partial charge in [0.25, 0.3) is 0 Å². The van der Waals surface area contributed by atoms with Crippen molar-refractivity contribution in [2.75, 3.05) is 0 Å². The van der Waals surface area contributed by atoms with E-state index < -0.39 is 0 Å². The Morgan fingerprint density at radius 2 is 1.85 bits per heavy atom. The van der Waals surface area contributed by atoms with Crippen molar-refractivity contribution in [3.63, 3.8) is 0 Å². The van der Waals surface area contributed by atoms with Gasteiger partial charge in [-0.2, -0.15) is 0 Å². The number of aromatic amines is 2. The van der Waals surface area contributed by atoms with Crippen LogP contribution in [0.1, 0.15) is 0 Å². The molecule has 2 aromatic rings. The highest BCUT2D eigenvalue weighted by molar-refractivity contribution is 9.10. The van der Waals surface area contributed by atoms with Crippen molar-refractivity contribution in [3.05, 3.63) is 39.7 Å². The van der Waals surface area contributed by atoms with Crippen LogP contribution in [0.4, 0.5) is 0 Å². The van der Waals surface area contributed by atoms with Crippen LogP contribution in [-0.4, -0.2) is 9.97 Å². The Morgan fingerprint density at radius 1 is 1.15 bits per heavy atom. The Bertz CT molecular complexity index is 455. The maximum atomic E-state index is 4.94. The van der Waals surface area contributed by atoms with Crippen molar-refractivity contribution < 1.29 is 0 Å². The van der Waals surface area contributed by atoms with Crippen molar-refractivity contribution in [3.8, 4) is 11.3 Å². The van der Waals surface area contributed by atoms with Gasteiger partial charge in [-0.25, -0.2) is 0 Å². The van der Waals surface area contributed by atoms with Crippen LogP contribution in [0.5, 0.6) is 0 Å². The third-order valence-corrected chi connectivity index (χ3v) is 2.50. The van der Waals surface area contributed by atoms with Crippen molar-refractivity contribution in [2.45, 2.75) is 0 Å². The molecular weight excluding hydrogens is 248 g/mol. The normalized spacial score (nSPS) is 10.2. The van der Waals surface area contributed by atoms with Crippen molar-refractivity contribution in [1.82, 2.24) is 9.97 Å². The number of nitrogens with one attached hydrogen (secondary N) is 2. The number of imidazole rings is 1. The number of benzene rings is 1. The van der Waals surface area contributed by atoms with Crippen LogP contribution in [-0.2, 0) is 0 Å². The fraction of sp³-hybridized carbons (Fsp3) is 0. The van der Waals surface area contributed by atoms with E-state index in [-0.39, 0.29) is 0 Å². The van der Waals surface area contributed by atoms with Gasteiger partial charge in [0.15, 0.2) is 4.77 Å². The van der Waals surface area contributed by atoms with Crippen LogP contribution in [0.15, 0.2) is 34.9 Å². The average Bonchev–Trinajstić information content (AvgIpc) is 2.53. The summed E-state index contributed by atoms with van der Waals surface area (Å²) in [4.78, 5) is 5.98. The zero-order chi connectivity index (χ0) is 9.26. The van der Waals surface area contributed by atoms with E-state index in [1.54, 1.807) is 0 Å². The molecule has 1 aromatic carbocycles. The molecule has 2 nitrogen and oxygen atoms in total. The van der Waals surface area contributed by atoms with E-state index in [4.69, 9.17) is 12.2 Å². The van der Waals surface area contributed by atoms with E-state index in [2.05, 4.69) is 25.9 Å². The SMILES string of the molecule is S=c1[nH]cc(-c2ccc(Br)cc2)[nH]1. The first kappa shape index (κ1) is 8.72. The fourth-order valence-electron chi connectivity index (χ4n) is 1.12. The van der Waals surface area contributed by atoms with Gasteiger partial charge in [-0.1, -0.05) is 28.1 Å². The summed E-state index contributed by atoms with van der Waals surface area (Å²) in [5.74, 6) is 0. The third-order valence-electron chi connectivity index (χ3n) is 1.75. The molecule has 0 bridgehead atoms. The highest BCUT2D eigenvalue weighted by atomic mass is 79.9. The van der Waals surface area contributed by atoms with Crippen LogP contribution in [0.2, 0.25) is 0 Å². The van der Waals surface area contributed by atoms with Crippen LogP contribution >= 0.6 is 28.1 Å². The highest BCUT2D eigenvalue weighted by Gasteiger charge is 1.97. The summed E-state index contributed by atoms with van der Waals surface area (Å²) in [5, 5.41) is 0. The van der Waals surface area contributed by atoms with Gasteiger partial charge in [0.05, 0.1) is 5.69 Å². The standard InChI is InChI=1S/C9H7BrN2S/c10-7-3-1-6(2-4-7)8-5-11-9(13)12-8/h1-5H,(H2,11,12,13). The molecule has 0 aliphatic heterocycles. The van der Waals surface area contributed by atoms with Crippen LogP contribution < -0.4 is 0 Å². The quantitative estimate of drug-likeness (QED) is 0.751. The Labute approximate surface area is 89.1 Å². The Hall–Kier alpha value is -0.870. The van der Waals surface area contributed by atoms with Crippen LogP contribution in [0.25, 0.3) is 11.3 Å². The smallest absolute Gasteiger partial charge is 0.174 e. The van der Waals surface area contributed by atoms with Gasteiger partial charge in [0.1, 0.15) is 0 Å². The minimum absolute atomic E-state index is 0.651. The van der Waals surface area contributed by atoms with E-state index in [1.165, 1.54) is 0 Å². The maximum absolute atomic E-state index is 4.94. The van der Waals surface area contributed by atoms with Gasteiger partial charge in [0, 0.05) is 10.7 Å². The largest absolute Gasteiger partial charge is 0.337 e. The van der Waals surface area contributed by atoms with E-state index in [0.717, 1.165) is 15.7 Å². The molecule has 1 heterocycles. The molecule has 0 saturated carbocycles. The summed E-state index contributed by atoms with van der Waals surface area (Å²) >= 11 is 8.32. The van der Waals surface area contributed by atoms with Gasteiger partial charge in [-0.05, 0) is 29.9 Å². The van der Waals surface area contributed by atoms with Gasteiger partial charge >= 0.3 is 0 Å². The second-order valence-electron chi connectivity index (χ2n) is 2.66. The molecule has 2 N–H and O–H groups in total. The second kappa shape index (κ2) is 3.47. The highest BCUT2D eigenvalue weighted by Crippen LogP contribution is 2.18. The van der Waals surface area contributed by atoms with E-state index in [0.29, 0.717) is 4.77 Å². The van der Waals surface area contributed by atoms with Gasteiger partial charge < -0.3 is 9.97 Å². The zero-order valence-electron chi connectivity index (χ0n) is 6.67. The summed E-state index contributed by atoms with van der Waals surface area (Å²) < 4.78 is 1.73. The van der Waals surface area contributed by atoms with E-state index in [9.17, 15) is 0 Å². The van der Waals surface area contributed by atoms with E-state index in [1.807, 2.05) is 30.5 Å². The lowest BCUT2D eigenvalue weighted by atomic mass is 10.2. The molecule has 0 atom stereocenters. The van der Waals surface area contributed by atoms with Gasteiger partial charge in [-0.15, -0.1) is 0 Å². The maximum Gasteiger partial charge on any atom is 0.174 e. The van der Waals surface area contributed by atoms with Crippen molar-refractivity contribution in [2.24, 2.45) is 0 Å². The third kappa shape index (κ3) is 1.89. The summed E-state index contributed by atoms with van der Waals surface area (Å²) in [6.07, 6.45) is 1.87. The predicted molar refractivity (Wildman–Crippen MR) is 59.1 cm³/mol. The molecule has 0 unspecified atom stereocenters. The summed E-state index contributed by atoms with van der Waals surface area (Å²) in [7, 11) is 0. The Morgan fingerprint density at radius 3 is 2.38 bits per heavy atom. The lowest BCUT2D eigenvalue weighted by Crippen LogP contribution is -1.75. The first-order chi connectivity index (χ1) is 6.25. The second-order valence-corrected chi connectivity index (χ2v) is 3.99. The Balaban J connectivity index is 2.47. The summed E-state index contributed by atoms with van der Waals surface area (Å²) in [5.41, 5.74) is 2.13. The minimum atomic E-state index is 0.651. The zero-order valence-corrected chi connectivity index (χ0v) is 9.08. The summed E-state index contributed by atoms with van der Waals surface area (Å²) in [6.45, 7) is 0. The van der Waals surface area contributed by atoms with Crippen molar-refractivity contribution >= 4 is 28.1 Å². The molecule has 0 saturated heterocycles. The molecule has 0 radical (unpaired) electrons. The van der Waals surface area contributed by atoms with Gasteiger partial charge in [-0.3, -0.25) is 0 Å². The number of hydrogen-bond donors (Lipinski definition) is 2. The molecule has 0 spiro atoms. The topological polar surface area (TPSA) is 31.6 Å². The lowest BCUT2D eigenvalue weighted by Gasteiger charge is -1.96. The number of hydrogen-bond acceptors (Lipinski definition) is 1. The molecule has 0 fully saturated rings. The first-order valence-corrected chi connectivity index (χ1v) is 4.99. The molecular formula is C9H7BrN2S. The van der Waals surface area contributed by atoms with Crippen LogP contribution in [0.3, 0.4) is 0 Å². The molecule has 13 heavy (non-hydrogen) atoms. The molecule has 0 amide bonds. The first-order valence-electron chi connectivity index (χ1n) is 3.79. The Kier molecular flexibility index (Phi) is 2.33. The number of rotatable bonds is 1. The molecule has 1 aromatic heterocycles. The van der Waals surface area contributed by atoms with Gasteiger partial charge in [0.2, 0.25) is 0 Å². The van der Waals surface area contributed by atoms with Crippen LogP contribution in [0, 0.1) is 4.77 Å². The molecule has 0 aliphatic rings. The number of halogens is 1. The molecule has 0 aliphatic carbocycles. The molecule has 66 valence electrons. The fourth-order valence-corrected chi connectivity index (χ4v) is 1.55. The average molecular weight is 255 g/mol. The van der Waals surface area contributed by atoms with E-state index >= 15 is 0 Å². The number of H-pyrrole nitrogens is 2. The summed E-state index contributed by atoms with van der Waals surface area (Å²) in [6, 6.07) is 8.05. The molecule has 2 rings (SSSR count). The van der Waals surface area contributed by atoms with Crippen molar-refractivity contribution in [1.29, 1.82) is 0 Å². The number of aromatic nitrogens is 2. The minimum Gasteiger partial charge on any atom is -0.337 e. The lowest BCUT2D eigenvalue weighted by molar-refractivity contribution is 1.27. The molecule has 4 heteroatoms.